The lowest BCUT2D eigenvalue weighted by molar-refractivity contribution is 0.449. The molecule has 0 bridgehead atoms. The molecule has 0 unspecified atom stereocenters. The average Bonchev–Trinajstić information content (AvgIpc) is 2.20. The first-order valence-electron chi connectivity index (χ1n) is 4.41. The first-order valence-corrected chi connectivity index (χ1v) is 4.41. The summed E-state index contributed by atoms with van der Waals surface area (Å²) >= 11 is 0. The highest BCUT2D eigenvalue weighted by molar-refractivity contribution is 5.79. The maximum Gasteiger partial charge on any atom is 0.135 e. The molecule has 0 saturated heterocycles. The summed E-state index contributed by atoms with van der Waals surface area (Å²) in [6, 6.07) is 11.8. The summed E-state index contributed by atoms with van der Waals surface area (Å²) in [4.78, 5) is 0. The third-order valence-corrected chi connectivity index (χ3v) is 2.13. The van der Waals surface area contributed by atoms with Crippen molar-refractivity contribution in [2.75, 3.05) is 0 Å². The standard InChI is InChI=1S/C12H9O3/c13-9-5-2-1-4-8(9)12-10(14)6-3-7-11(12)15/h1-6,13-15H. The normalized spacial score (nSPS) is 10.1. The molecule has 0 aromatic heterocycles. The molecule has 3 heteroatoms. The van der Waals surface area contributed by atoms with Gasteiger partial charge < -0.3 is 15.3 Å². The number of benzene rings is 2. The van der Waals surface area contributed by atoms with Crippen molar-refractivity contribution in [2.24, 2.45) is 0 Å². The number of rotatable bonds is 1. The minimum absolute atomic E-state index is 0.00250. The second-order valence-electron chi connectivity index (χ2n) is 3.10. The second-order valence-corrected chi connectivity index (χ2v) is 3.10. The molecule has 0 saturated carbocycles. The van der Waals surface area contributed by atoms with Gasteiger partial charge in [-0.25, -0.2) is 0 Å². The van der Waals surface area contributed by atoms with Crippen LogP contribution in [-0.4, -0.2) is 15.3 Å². The van der Waals surface area contributed by atoms with Gasteiger partial charge in [-0.05, 0) is 18.2 Å². The van der Waals surface area contributed by atoms with Gasteiger partial charge in [-0.15, -0.1) is 0 Å². The molecule has 2 aromatic rings. The van der Waals surface area contributed by atoms with Crippen LogP contribution in [0.2, 0.25) is 0 Å². The first kappa shape index (κ1) is 9.40. The minimum atomic E-state index is -0.184. The zero-order chi connectivity index (χ0) is 10.8. The van der Waals surface area contributed by atoms with E-state index in [0.29, 0.717) is 5.56 Å². The quantitative estimate of drug-likeness (QED) is 0.663. The number of hydrogen-bond acceptors (Lipinski definition) is 3. The van der Waals surface area contributed by atoms with Crippen LogP contribution in [0.4, 0.5) is 0 Å². The fourth-order valence-corrected chi connectivity index (χ4v) is 1.43. The van der Waals surface area contributed by atoms with Crippen molar-refractivity contribution in [3.8, 4) is 28.4 Å². The van der Waals surface area contributed by atoms with E-state index in [1.807, 2.05) is 0 Å². The van der Waals surface area contributed by atoms with Gasteiger partial charge in [0.15, 0.2) is 0 Å². The molecule has 0 aliphatic rings. The summed E-state index contributed by atoms with van der Waals surface area (Å²) in [7, 11) is 0. The average molecular weight is 201 g/mol. The van der Waals surface area contributed by atoms with Crippen LogP contribution in [-0.2, 0) is 0 Å². The Bertz CT molecular complexity index is 472. The predicted octanol–water partition coefficient (Wildman–Crippen LogP) is 2.27. The monoisotopic (exact) mass is 201 g/mol. The molecule has 1 radical (unpaired) electrons. The van der Waals surface area contributed by atoms with Crippen LogP contribution in [0.5, 0.6) is 17.2 Å². The maximum absolute atomic E-state index is 9.58. The Labute approximate surface area is 86.9 Å². The van der Waals surface area contributed by atoms with Crippen molar-refractivity contribution in [2.45, 2.75) is 0 Å². The summed E-state index contributed by atoms with van der Waals surface area (Å²) in [5.41, 5.74) is 0.569. The highest BCUT2D eigenvalue weighted by atomic mass is 16.3. The Morgan fingerprint density at radius 2 is 1.60 bits per heavy atom. The van der Waals surface area contributed by atoms with Crippen LogP contribution in [0.15, 0.2) is 36.4 Å². The van der Waals surface area contributed by atoms with E-state index in [9.17, 15) is 15.3 Å². The van der Waals surface area contributed by atoms with Crippen LogP contribution in [0.25, 0.3) is 11.1 Å². The summed E-state index contributed by atoms with van der Waals surface area (Å²) in [6.07, 6.45) is 0. The van der Waals surface area contributed by atoms with Crippen LogP contribution in [0.3, 0.4) is 0 Å². The molecule has 0 amide bonds. The van der Waals surface area contributed by atoms with Gasteiger partial charge in [0, 0.05) is 11.6 Å². The molecule has 3 nitrogen and oxygen atoms in total. The highest BCUT2D eigenvalue weighted by Gasteiger charge is 2.12. The molecule has 3 N–H and O–H groups in total. The van der Waals surface area contributed by atoms with E-state index in [0.717, 1.165) is 0 Å². The number of hydrogen-bond donors (Lipinski definition) is 3. The zero-order valence-corrected chi connectivity index (χ0v) is 7.81. The molecule has 0 fully saturated rings. The van der Waals surface area contributed by atoms with Gasteiger partial charge >= 0.3 is 0 Å². The van der Waals surface area contributed by atoms with Gasteiger partial charge in [-0.2, -0.15) is 0 Å². The van der Waals surface area contributed by atoms with Crippen molar-refractivity contribution in [3.05, 3.63) is 42.5 Å². The summed E-state index contributed by atoms with van der Waals surface area (Å²) in [6.45, 7) is 0. The van der Waals surface area contributed by atoms with Crippen LogP contribution >= 0.6 is 0 Å². The number of para-hydroxylation sites is 1. The molecule has 0 atom stereocenters. The van der Waals surface area contributed by atoms with E-state index in [1.54, 1.807) is 18.2 Å². The van der Waals surface area contributed by atoms with Gasteiger partial charge in [0.05, 0.1) is 5.56 Å². The molecule has 0 heterocycles. The van der Waals surface area contributed by atoms with Gasteiger partial charge in [-0.3, -0.25) is 0 Å². The van der Waals surface area contributed by atoms with Gasteiger partial charge in [-0.1, -0.05) is 18.2 Å². The Kier molecular flexibility index (Phi) is 2.21. The van der Waals surface area contributed by atoms with E-state index in [1.165, 1.54) is 18.2 Å². The third kappa shape index (κ3) is 1.59. The van der Waals surface area contributed by atoms with E-state index in [-0.39, 0.29) is 22.8 Å². The van der Waals surface area contributed by atoms with Crippen LogP contribution in [0, 0.1) is 6.07 Å². The molecule has 15 heavy (non-hydrogen) atoms. The lowest BCUT2D eigenvalue weighted by Gasteiger charge is -2.08. The molecule has 75 valence electrons. The molecule has 0 aliphatic heterocycles. The first-order chi connectivity index (χ1) is 7.20. The minimum Gasteiger partial charge on any atom is -0.507 e. The van der Waals surface area contributed by atoms with Crippen molar-refractivity contribution in [1.29, 1.82) is 0 Å². The zero-order valence-electron chi connectivity index (χ0n) is 7.81. The summed E-state index contributed by atoms with van der Waals surface area (Å²) in [5.74, 6) is -0.271. The number of phenolic OH excluding ortho intramolecular Hbond substituents is 3. The van der Waals surface area contributed by atoms with Crippen LogP contribution < -0.4 is 0 Å². The molecular formula is C12H9O3. The SMILES string of the molecule is Oc1[c]ccc(O)c1-c1ccccc1O. The fourth-order valence-electron chi connectivity index (χ4n) is 1.43. The summed E-state index contributed by atoms with van der Waals surface area (Å²) < 4.78 is 0. The van der Waals surface area contributed by atoms with E-state index >= 15 is 0 Å². The van der Waals surface area contributed by atoms with Gasteiger partial charge in [0.1, 0.15) is 17.2 Å². The van der Waals surface area contributed by atoms with Gasteiger partial charge in [0.2, 0.25) is 0 Å². The topological polar surface area (TPSA) is 60.7 Å². The van der Waals surface area contributed by atoms with Crippen molar-refractivity contribution in [1.82, 2.24) is 0 Å². The Morgan fingerprint density at radius 1 is 0.867 bits per heavy atom. The lowest BCUT2D eigenvalue weighted by atomic mass is 10.0. The Balaban J connectivity index is 2.69. The van der Waals surface area contributed by atoms with Crippen molar-refractivity contribution >= 4 is 0 Å². The number of aromatic hydroxyl groups is 3. The summed E-state index contributed by atoms with van der Waals surface area (Å²) in [5, 5.41) is 28.7. The predicted molar refractivity (Wildman–Crippen MR) is 55.7 cm³/mol. The second kappa shape index (κ2) is 3.53. The molecular weight excluding hydrogens is 192 g/mol. The largest absolute Gasteiger partial charge is 0.507 e. The van der Waals surface area contributed by atoms with Crippen LogP contribution in [0.1, 0.15) is 0 Å². The van der Waals surface area contributed by atoms with E-state index < -0.39 is 0 Å². The molecule has 0 aliphatic carbocycles. The molecule has 2 aromatic carbocycles. The highest BCUT2D eigenvalue weighted by Crippen LogP contribution is 2.40. The lowest BCUT2D eigenvalue weighted by Crippen LogP contribution is -1.81. The van der Waals surface area contributed by atoms with Gasteiger partial charge in [0.25, 0.3) is 0 Å². The van der Waals surface area contributed by atoms with E-state index in [2.05, 4.69) is 6.07 Å². The fraction of sp³-hybridized carbons (Fsp3) is 0. The number of phenols is 3. The van der Waals surface area contributed by atoms with E-state index in [4.69, 9.17) is 0 Å². The smallest absolute Gasteiger partial charge is 0.135 e. The molecule has 0 spiro atoms. The van der Waals surface area contributed by atoms with Crippen molar-refractivity contribution < 1.29 is 15.3 Å². The van der Waals surface area contributed by atoms with Crippen molar-refractivity contribution in [3.63, 3.8) is 0 Å². The maximum atomic E-state index is 9.58. The molecule has 2 rings (SSSR count). The third-order valence-electron chi connectivity index (χ3n) is 2.13. The Hall–Kier alpha value is -2.16. The Morgan fingerprint density at radius 3 is 2.27 bits per heavy atom.